The third-order valence-corrected chi connectivity index (χ3v) is 5.33. The van der Waals surface area contributed by atoms with E-state index in [1.165, 1.54) is 7.05 Å². The van der Waals surface area contributed by atoms with Crippen molar-refractivity contribution >= 4 is 37.1 Å². The van der Waals surface area contributed by atoms with E-state index in [4.69, 9.17) is 5.73 Å². The lowest BCUT2D eigenvalue weighted by Gasteiger charge is -2.15. The summed E-state index contributed by atoms with van der Waals surface area (Å²) in [5, 5.41) is -0.931. The monoisotopic (exact) mass is 260 g/mol. The topological polar surface area (TPSA) is 97.5 Å². The fraction of sp³-hybridized carbons (Fsp3) is 0.800. The van der Waals surface area contributed by atoms with Gasteiger partial charge in [0.05, 0.1) is 11.5 Å². The molecule has 0 aliphatic rings. The summed E-state index contributed by atoms with van der Waals surface area (Å²) in [6, 6.07) is 0. The first-order chi connectivity index (χ1) is 6.04. The Hall–Kier alpha value is -0.250. The van der Waals surface area contributed by atoms with E-state index >= 15 is 0 Å². The fourth-order valence-corrected chi connectivity index (χ4v) is 4.17. The Balaban J connectivity index is 4.73. The van der Waals surface area contributed by atoms with Gasteiger partial charge in [0.1, 0.15) is 0 Å². The lowest BCUT2D eigenvalue weighted by molar-refractivity contribution is 0.509. The lowest BCUT2D eigenvalue weighted by atomic mass is 10.7. The van der Waals surface area contributed by atoms with Gasteiger partial charge >= 0.3 is 0 Å². The summed E-state index contributed by atoms with van der Waals surface area (Å²) in [5.41, 5.74) is 5.13. The largest absolute Gasteiger partial charge is 0.392 e. The van der Waals surface area contributed by atoms with E-state index in [1.807, 2.05) is 0 Å². The van der Waals surface area contributed by atoms with E-state index in [1.54, 1.807) is 0 Å². The van der Waals surface area contributed by atoms with Crippen LogP contribution >= 0.6 is 12.2 Å². The summed E-state index contributed by atoms with van der Waals surface area (Å²) >= 11 is 4.50. The average molecular weight is 260 g/mol. The van der Waals surface area contributed by atoms with E-state index < -0.39 is 24.9 Å². The van der Waals surface area contributed by atoms with Crippen LogP contribution in [0.15, 0.2) is 0 Å². The predicted molar refractivity (Wildman–Crippen MR) is 58.0 cm³/mol. The number of likely N-dealkylation sites (N-methyl/N-ethyl adjacent to an activating group) is 1. The molecular weight excluding hydrogens is 248 g/mol. The zero-order chi connectivity index (χ0) is 11.6. The van der Waals surface area contributed by atoms with Gasteiger partial charge in [-0.25, -0.2) is 16.8 Å². The first-order valence-corrected chi connectivity index (χ1v) is 7.52. The maximum absolute atomic E-state index is 11.3. The zero-order valence-electron chi connectivity index (χ0n) is 7.80. The number of nitrogens with two attached hydrogens (primary N) is 1. The molecule has 0 saturated carbocycles. The van der Waals surface area contributed by atoms with Crippen LogP contribution in [-0.2, 0) is 19.9 Å². The quantitative estimate of drug-likeness (QED) is 0.606. The molecule has 2 N–H and O–H groups in total. The number of thiocarbonyl (C=S) groups is 1. The third kappa shape index (κ3) is 5.47. The molecule has 0 bridgehead atoms. The van der Waals surface area contributed by atoms with E-state index in [-0.39, 0.29) is 11.5 Å². The molecule has 0 aromatic rings. The molecule has 0 aliphatic carbocycles. The number of nitrogens with zero attached hydrogens (tertiary/aromatic N) is 1. The normalized spacial score (nSPS) is 13.1. The lowest BCUT2D eigenvalue weighted by Crippen LogP contribution is -2.37. The maximum atomic E-state index is 11.3. The minimum absolute atomic E-state index is 0.00965. The molecular formula is C5H12N2O4S3. The zero-order valence-corrected chi connectivity index (χ0v) is 10.2. The Labute approximate surface area is 89.0 Å². The Morgan fingerprint density at radius 2 is 1.79 bits per heavy atom. The SMILES string of the molecule is CN(CC(N)=S)S(=O)(=O)CS(C)(=O)=O. The van der Waals surface area contributed by atoms with Crippen LogP contribution in [0.1, 0.15) is 0 Å². The van der Waals surface area contributed by atoms with Gasteiger partial charge in [-0.15, -0.1) is 0 Å². The highest BCUT2D eigenvalue weighted by Crippen LogP contribution is 2.01. The summed E-state index contributed by atoms with van der Waals surface area (Å²) in [6.07, 6.45) is 0.846. The smallest absolute Gasteiger partial charge is 0.228 e. The van der Waals surface area contributed by atoms with E-state index in [0.717, 1.165) is 10.6 Å². The number of hydrogen-bond donors (Lipinski definition) is 1. The Morgan fingerprint density at radius 1 is 1.36 bits per heavy atom. The Morgan fingerprint density at radius 3 is 2.07 bits per heavy atom. The van der Waals surface area contributed by atoms with Crippen LogP contribution in [0.25, 0.3) is 0 Å². The van der Waals surface area contributed by atoms with Crippen LogP contribution in [0, 0.1) is 0 Å². The third-order valence-electron chi connectivity index (χ3n) is 1.22. The summed E-state index contributed by atoms with van der Waals surface area (Å²) < 4.78 is 45.0. The highest BCUT2D eigenvalue weighted by atomic mass is 32.3. The van der Waals surface area contributed by atoms with Crippen molar-refractivity contribution in [2.24, 2.45) is 5.73 Å². The number of rotatable bonds is 5. The highest BCUT2D eigenvalue weighted by molar-refractivity contribution is 8.06. The van der Waals surface area contributed by atoms with Gasteiger partial charge in [-0.05, 0) is 0 Å². The molecule has 0 aliphatic heterocycles. The molecule has 6 nitrogen and oxygen atoms in total. The fourth-order valence-electron chi connectivity index (χ4n) is 0.678. The summed E-state index contributed by atoms with van der Waals surface area (Å²) in [5.74, 6) is 0. The summed E-state index contributed by atoms with van der Waals surface area (Å²) in [6.45, 7) is -0.160. The average Bonchev–Trinajstić information content (AvgIpc) is 1.78. The van der Waals surface area contributed by atoms with E-state index in [0.29, 0.717) is 0 Å². The number of hydrogen-bond acceptors (Lipinski definition) is 5. The summed E-state index contributed by atoms with van der Waals surface area (Å²) in [4.78, 5) is -0.00965. The van der Waals surface area contributed by atoms with Crippen LogP contribution in [0.4, 0.5) is 0 Å². The van der Waals surface area contributed by atoms with Crippen LogP contribution < -0.4 is 5.73 Å². The summed E-state index contributed by atoms with van der Waals surface area (Å²) in [7, 11) is -6.19. The van der Waals surface area contributed by atoms with Crippen LogP contribution in [0.5, 0.6) is 0 Å². The van der Waals surface area contributed by atoms with Gasteiger partial charge in [0.15, 0.2) is 14.9 Å². The van der Waals surface area contributed by atoms with E-state index in [2.05, 4.69) is 12.2 Å². The Kier molecular flexibility index (Phi) is 4.43. The van der Waals surface area contributed by atoms with Crippen molar-refractivity contribution in [2.75, 3.05) is 24.9 Å². The standard InChI is InChI=1S/C5H12N2O4S3/c1-7(3-5(6)12)14(10,11)4-13(2,8)9/h3-4H2,1-2H3,(H2,6,12). The van der Waals surface area contributed by atoms with Gasteiger partial charge in [0, 0.05) is 13.3 Å². The molecule has 0 fully saturated rings. The first kappa shape index (κ1) is 13.8. The van der Waals surface area contributed by atoms with Gasteiger partial charge in [0.25, 0.3) is 0 Å². The van der Waals surface area contributed by atoms with Crippen molar-refractivity contribution in [2.45, 2.75) is 0 Å². The molecule has 0 rings (SSSR count). The second-order valence-electron chi connectivity index (χ2n) is 2.88. The van der Waals surface area contributed by atoms with Gasteiger partial charge in [0.2, 0.25) is 10.0 Å². The van der Waals surface area contributed by atoms with Crippen LogP contribution in [0.3, 0.4) is 0 Å². The second-order valence-corrected chi connectivity index (χ2v) is 7.98. The van der Waals surface area contributed by atoms with E-state index in [9.17, 15) is 16.8 Å². The molecule has 0 aromatic carbocycles. The second kappa shape index (κ2) is 4.51. The van der Waals surface area contributed by atoms with Gasteiger partial charge in [-0.2, -0.15) is 4.31 Å². The highest BCUT2D eigenvalue weighted by Gasteiger charge is 2.23. The minimum Gasteiger partial charge on any atom is -0.392 e. The minimum atomic E-state index is -3.84. The predicted octanol–water partition coefficient (Wildman–Crippen LogP) is -1.46. The number of sulfonamides is 1. The number of sulfone groups is 1. The molecule has 0 aromatic heterocycles. The maximum Gasteiger partial charge on any atom is 0.228 e. The molecule has 84 valence electrons. The molecule has 0 amide bonds. The molecule has 0 radical (unpaired) electrons. The van der Waals surface area contributed by atoms with Crippen LogP contribution in [-0.4, -0.2) is 51.1 Å². The molecule has 9 heteroatoms. The molecule has 14 heavy (non-hydrogen) atoms. The Bertz CT molecular complexity index is 410. The van der Waals surface area contributed by atoms with Gasteiger partial charge < -0.3 is 5.73 Å². The van der Waals surface area contributed by atoms with Gasteiger partial charge in [-0.1, -0.05) is 12.2 Å². The molecule has 0 atom stereocenters. The van der Waals surface area contributed by atoms with Crippen molar-refractivity contribution in [1.29, 1.82) is 0 Å². The van der Waals surface area contributed by atoms with Gasteiger partial charge in [-0.3, -0.25) is 0 Å². The van der Waals surface area contributed by atoms with Crippen molar-refractivity contribution in [3.05, 3.63) is 0 Å². The van der Waals surface area contributed by atoms with Crippen LogP contribution in [0.2, 0.25) is 0 Å². The van der Waals surface area contributed by atoms with Crippen molar-refractivity contribution in [3.63, 3.8) is 0 Å². The molecule has 0 saturated heterocycles. The van der Waals surface area contributed by atoms with Crippen molar-refractivity contribution in [1.82, 2.24) is 4.31 Å². The first-order valence-electron chi connectivity index (χ1n) is 3.44. The molecule has 0 unspecified atom stereocenters. The molecule has 0 spiro atoms. The van der Waals surface area contributed by atoms with Crippen molar-refractivity contribution in [3.8, 4) is 0 Å². The van der Waals surface area contributed by atoms with Crippen molar-refractivity contribution < 1.29 is 16.8 Å². The molecule has 0 heterocycles.